The van der Waals surface area contributed by atoms with E-state index in [1.165, 1.54) is 0 Å². The normalized spacial score (nSPS) is 26.8. The lowest BCUT2D eigenvalue weighted by atomic mass is 9.95. The molecule has 0 amide bonds. The number of benzene rings is 1. The van der Waals surface area contributed by atoms with Crippen LogP contribution in [0.1, 0.15) is 29.5 Å². The van der Waals surface area contributed by atoms with E-state index in [0.717, 1.165) is 36.1 Å². The van der Waals surface area contributed by atoms with Crippen LogP contribution in [0.25, 0.3) is 0 Å². The molecule has 2 saturated heterocycles. The molecule has 2 aliphatic rings. The molecule has 2 atom stereocenters. The largest absolute Gasteiger partial charge is 0.314 e. The van der Waals surface area contributed by atoms with E-state index in [4.69, 9.17) is 0 Å². The third-order valence-corrected chi connectivity index (χ3v) is 6.99. The Morgan fingerprint density at radius 3 is 2.48 bits per heavy atom. The van der Waals surface area contributed by atoms with Crippen LogP contribution in [0.3, 0.4) is 0 Å². The van der Waals surface area contributed by atoms with Crippen LogP contribution in [0.5, 0.6) is 0 Å². The molecule has 2 unspecified atom stereocenters. The highest BCUT2D eigenvalue weighted by molar-refractivity contribution is 7.89. The highest BCUT2D eigenvalue weighted by atomic mass is 32.2. The predicted octanol–water partition coefficient (Wildman–Crippen LogP) is 1.98. The van der Waals surface area contributed by atoms with Gasteiger partial charge < -0.3 is 5.32 Å². The van der Waals surface area contributed by atoms with Gasteiger partial charge in [-0.1, -0.05) is 17.7 Å². The van der Waals surface area contributed by atoms with E-state index in [1.807, 2.05) is 32.9 Å². The molecule has 0 aromatic heterocycles. The van der Waals surface area contributed by atoms with Gasteiger partial charge in [-0.05, 0) is 57.2 Å². The summed E-state index contributed by atoms with van der Waals surface area (Å²) in [6.45, 7) is 8.11. The van der Waals surface area contributed by atoms with Crippen LogP contribution in [-0.4, -0.2) is 38.4 Å². The summed E-state index contributed by atoms with van der Waals surface area (Å²) in [5.74, 6) is 0.472. The number of piperidine rings is 1. The minimum Gasteiger partial charge on any atom is -0.314 e. The number of sulfonamides is 1. The minimum atomic E-state index is -3.37. The average molecular weight is 308 g/mol. The molecule has 116 valence electrons. The summed E-state index contributed by atoms with van der Waals surface area (Å²) in [4.78, 5) is 0.512. The highest BCUT2D eigenvalue weighted by Gasteiger charge is 2.38. The van der Waals surface area contributed by atoms with Gasteiger partial charge in [-0.3, -0.25) is 0 Å². The maximum absolute atomic E-state index is 13.0. The first-order valence-corrected chi connectivity index (χ1v) is 9.15. The van der Waals surface area contributed by atoms with E-state index in [1.54, 1.807) is 4.31 Å². The van der Waals surface area contributed by atoms with Crippen LogP contribution < -0.4 is 5.32 Å². The summed E-state index contributed by atoms with van der Waals surface area (Å²) in [6.07, 6.45) is 2.01. The molecular formula is C16H24N2O2S. The van der Waals surface area contributed by atoms with Crippen LogP contribution in [0.4, 0.5) is 0 Å². The fourth-order valence-electron chi connectivity index (χ4n) is 3.94. The van der Waals surface area contributed by atoms with Crippen molar-refractivity contribution in [2.24, 2.45) is 5.92 Å². The van der Waals surface area contributed by atoms with Crippen LogP contribution in [0, 0.1) is 26.7 Å². The molecule has 0 radical (unpaired) electrons. The van der Waals surface area contributed by atoms with E-state index >= 15 is 0 Å². The molecule has 5 heteroatoms. The molecule has 2 fully saturated rings. The molecule has 4 nitrogen and oxygen atoms in total. The molecule has 2 heterocycles. The fourth-order valence-corrected chi connectivity index (χ4v) is 5.86. The topological polar surface area (TPSA) is 49.4 Å². The Labute approximate surface area is 127 Å². The lowest BCUT2D eigenvalue weighted by Crippen LogP contribution is -2.47. The summed E-state index contributed by atoms with van der Waals surface area (Å²) in [6, 6.07) is 4.43. The van der Waals surface area contributed by atoms with Crippen LogP contribution >= 0.6 is 0 Å². The van der Waals surface area contributed by atoms with Gasteiger partial charge in [0.05, 0.1) is 4.90 Å². The van der Waals surface area contributed by atoms with Gasteiger partial charge in [-0.15, -0.1) is 0 Å². The number of hydrogen-bond acceptors (Lipinski definition) is 3. The molecule has 0 spiro atoms. The standard InChI is InChI=1S/C16H24N2O2S/c1-11-8-12(2)16(13(3)9-11)21(19,20)18-7-5-15-14(10-18)4-6-17-15/h8-9,14-15,17H,4-7,10H2,1-3H3. The second-order valence-electron chi connectivity index (χ2n) is 6.49. The van der Waals surface area contributed by atoms with Crippen molar-refractivity contribution in [2.75, 3.05) is 19.6 Å². The maximum Gasteiger partial charge on any atom is 0.243 e. The third kappa shape index (κ3) is 2.62. The van der Waals surface area contributed by atoms with Gasteiger partial charge in [0.25, 0.3) is 0 Å². The minimum absolute atomic E-state index is 0.472. The average Bonchev–Trinajstić information content (AvgIpc) is 2.83. The van der Waals surface area contributed by atoms with Gasteiger partial charge in [-0.25, -0.2) is 8.42 Å². The van der Waals surface area contributed by atoms with Gasteiger partial charge >= 0.3 is 0 Å². The summed E-state index contributed by atoms with van der Waals surface area (Å²) >= 11 is 0. The van der Waals surface area contributed by atoms with Crippen LogP contribution in [0.15, 0.2) is 17.0 Å². The number of fused-ring (bicyclic) bond motifs is 1. The molecule has 21 heavy (non-hydrogen) atoms. The number of nitrogens with zero attached hydrogens (tertiary/aromatic N) is 1. The van der Waals surface area contributed by atoms with Crippen molar-refractivity contribution in [1.29, 1.82) is 0 Å². The molecular weight excluding hydrogens is 284 g/mol. The Morgan fingerprint density at radius 1 is 1.14 bits per heavy atom. The van der Waals surface area contributed by atoms with Crippen molar-refractivity contribution >= 4 is 10.0 Å². The van der Waals surface area contributed by atoms with Crippen molar-refractivity contribution < 1.29 is 8.42 Å². The van der Waals surface area contributed by atoms with Crippen LogP contribution in [-0.2, 0) is 10.0 Å². The molecule has 0 aliphatic carbocycles. The second-order valence-corrected chi connectivity index (χ2v) is 8.36. The van der Waals surface area contributed by atoms with Crippen LogP contribution in [0.2, 0.25) is 0 Å². The Morgan fingerprint density at radius 2 is 1.81 bits per heavy atom. The molecule has 1 aromatic carbocycles. The SMILES string of the molecule is Cc1cc(C)c(S(=O)(=O)N2CCC3NCCC3C2)c(C)c1. The molecule has 0 bridgehead atoms. The monoisotopic (exact) mass is 308 g/mol. The van der Waals surface area contributed by atoms with Gasteiger partial charge in [0, 0.05) is 19.1 Å². The molecule has 2 aliphatic heterocycles. The zero-order chi connectivity index (χ0) is 15.2. The third-order valence-electron chi connectivity index (χ3n) is 4.82. The molecule has 1 aromatic rings. The summed E-state index contributed by atoms with van der Waals surface area (Å²) in [5.41, 5.74) is 2.83. The fraction of sp³-hybridized carbons (Fsp3) is 0.625. The van der Waals surface area contributed by atoms with E-state index < -0.39 is 10.0 Å². The van der Waals surface area contributed by atoms with E-state index in [2.05, 4.69) is 5.32 Å². The van der Waals surface area contributed by atoms with E-state index in [0.29, 0.717) is 29.9 Å². The van der Waals surface area contributed by atoms with Crippen molar-refractivity contribution in [3.8, 4) is 0 Å². The van der Waals surface area contributed by atoms with Gasteiger partial charge in [0.15, 0.2) is 0 Å². The van der Waals surface area contributed by atoms with Gasteiger partial charge in [-0.2, -0.15) is 4.31 Å². The number of aryl methyl sites for hydroxylation is 3. The lowest BCUT2D eigenvalue weighted by Gasteiger charge is -2.34. The number of nitrogens with one attached hydrogen (secondary N) is 1. The van der Waals surface area contributed by atoms with E-state index in [-0.39, 0.29) is 0 Å². The van der Waals surface area contributed by atoms with Gasteiger partial charge in [0.2, 0.25) is 10.0 Å². The summed E-state index contributed by atoms with van der Waals surface area (Å²) in [5, 5.41) is 3.48. The van der Waals surface area contributed by atoms with Crippen molar-refractivity contribution in [3.05, 3.63) is 28.8 Å². The lowest BCUT2D eigenvalue weighted by molar-refractivity contribution is 0.247. The predicted molar refractivity (Wildman–Crippen MR) is 83.9 cm³/mol. The number of rotatable bonds is 2. The van der Waals surface area contributed by atoms with Gasteiger partial charge in [0.1, 0.15) is 0 Å². The Kier molecular flexibility index (Phi) is 3.84. The summed E-state index contributed by atoms with van der Waals surface area (Å²) < 4.78 is 27.8. The highest BCUT2D eigenvalue weighted by Crippen LogP contribution is 2.31. The Bertz CT molecular complexity index is 631. The molecule has 0 saturated carbocycles. The maximum atomic E-state index is 13.0. The Balaban J connectivity index is 1.94. The summed E-state index contributed by atoms with van der Waals surface area (Å²) in [7, 11) is -3.37. The van der Waals surface area contributed by atoms with Crippen molar-refractivity contribution in [3.63, 3.8) is 0 Å². The molecule has 3 rings (SSSR count). The van der Waals surface area contributed by atoms with E-state index in [9.17, 15) is 8.42 Å². The Hall–Kier alpha value is -0.910. The first-order chi connectivity index (χ1) is 9.89. The van der Waals surface area contributed by atoms with Crippen molar-refractivity contribution in [1.82, 2.24) is 9.62 Å². The second kappa shape index (κ2) is 5.38. The smallest absolute Gasteiger partial charge is 0.243 e. The quantitative estimate of drug-likeness (QED) is 0.909. The first kappa shape index (κ1) is 15.0. The zero-order valence-corrected chi connectivity index (χ0v) is 13.8. The van der Waals surface area contributed by atoms with Crippen molar-refractivity contribution in [2.45, 2.75) is 44.6 Å². The first-order valence-electron chi connectivity index (χ1n) is 7.71. The zero-order valence-electron chi connectivity index (χ0n) is 13.0. The molecule has 1 N–H and O–H groups in total. The number of hydrogen-bond donors (Lipinski definition) is 1.